The van der Waals surface area contributed by atoms with Crippen molar-refractivity contribution < 1.29 is 9.84 Å². The summed E-state index contributed by atoms with van der Waals surface area (Å²) in [6, 6.07) is 5.59. The molecule has 1 heterocycles. The first kappa shape index (κ1) is 11.0. The largest absolute Gasteiger partial charge is 0.481 e. The molecule has 0 spiro atoms. The average molecular weight is 195 g/mol. The highest BCUT2D eigenvalue weighted by Crippen LogP contribution is 2.10. The summed E-state index contributed by atoms with van der Waals surface area (Å²) >= 11 is 0. The lowest BCUT2D eigenvalue weighted by Gasteiger charge is -2.08. The van der Waals surface area contributed by atoms with Crippen molar-refractivity contribution in [1.82, 2.24) is 4.98 Å². The van der Waals surface area contributed by atoms with Crippen LogP contribution >= 0.6 is 0 Å². The highest BCUT2D eigenvalue weighted by atomic mass is 16.5. The van der Waals surface area contributed by atoms with E-state index >= 15 is 0 Å². The Morgan fingerprint density at radius 1 is 1.50 bits per heavy atom. The summed E-state index contributed by atoms with van der Waals surface area (Å²) in [5, 5.41) is 9.59. The second-order valence-electron chi connectivity index (χ2n) is 3.32. The fraction of sp³-hybridized carbons (Fsp3) is 0.545. The highest BCUT2D eigenvalue weighted by molar-refractivity contribution is 5.16. The number of hydrogen-bond acceptors (Lipinski definition) is 3. The second-order valence-corrected chi connectivity index (χ2v) is 3.32. The molecule has 14 heavy (non-hydrogen) atoms. The van der Waals surface area contributed by atoms with Gasteiger partial charge in [-0.3, -0.25) is 0 Å². The molecule has 0 bridgehead atoms. The highest BCUT2D eigenvalue weighted by Gasteiger charge is 2.05. The number of pyridine rings is 1. The van der Waals surface area contributed by atoms with Gasteiger partial charge in [-0.2, -0.15) is 0 Å². The molecule has 0 radical (unpaired) electrons. The molecule has 0 saturated carbocycles. The van der Waals surface area contributed by atoms with E-state index in [4.69, 9.17) is 4.74 Å². The van der Waals surface area contributed by atoms with Gasteiger partial charge in [-0.25, -0.2) is 4.98 Å². The predicted molar refractivity (Wildman–Crippen MR) is 55.4 cm³/mol. The monoisotopic (exact) mass is 195 g/mol. The van der Waals surface area contributed by atoms with Gasteiger partial charge in [0.15, 0.2) is 0 Å². The number of nitrogens with zero attached hydrogens (tertiary/aromatic N) is 1. The van der Waals surface area contributed by atoms with Crippen LogP contribution in [0.1, 0.15) is 25.5 Å². The van der Waals surface area contributed by atoms with E-state index in [1.165, 1.54) is 0 Å². The van der Waals surface area contributed by atoms with Crippen LogP contribution in [0.25, 0.3) is 0 Å². The van der Waals surface area contributed by atoms with Crippen molar-refractivity contribution in [2.45, 2.75) is 32.3 Å². The van der Waals surface area contributed by atoms with Gasteiger partial charge in [0.1, 0.15) is 0 Å². The van der Waals surface area contributed by atoms with Crippen LogP contribution < -0.4 is 4.74 Å². The Hall–Kier alpha value is -1.09. The van der Waals surface area contributed by atoms with E-state index in [1.54, 1.807) is 13.2 Å². The van der Waals surface area contributed by atoms with Crippen molar-refractivity contribution in [2.75, 3.05) is 7.11 Å². The number of aromatic nitrogens is 1. The SMILES string of the molecule is CCCC(O)Cc1cccc(OC)n1. The molecule has 1 aromatic heterocycles. The molecule has 1 atom stereocenters. The van der Waals surface area contributed by atoms with E-state index < -0.39 is 0 Å². The standard InChI is InChI=1S/C11H17NO2/c1-3-5-10(13)8-9-6-4-7-11(12-9)14-2/h4,6-7,10,13H,3,5,8H2,1-2H3. The average Bonchev–Trinajstić information content (AvgIpc) is 2.18. The molecule has 1 N–H and O–H groups in total. The fourth-order valence-corrected chi connectivity index (χ4v) is 1.36. The number of rotatable bonds is 5. The van der Waals surface area contributed by atoms with E-state index in [0.29, 0.717) is 12.3 Å². The number of hydrogen-bond donors (Lipinski definition) is 1. The van der Waals surface area contributed by atoms with Gasteiger partial charge in [-0.1, -0.05) is 19.4 Å². The van der Waals surface area contributed by atoms with Crippen molar-refractivity contribution in [3.05, 3.63) is 23.9 Å². The number of aliphatic hydroxyl groups is 1. The van der Waals surface area contributed by atoms with Gasteiger partial charge in [0.25, 0.3) is 0 Å². The van der Waals surface area contributed by atoms with Crippen LogP contribution in [0.5, 0.6) is 5.88 Å². The molecule has 0 aliphatic rings. The van der Waals surface area contributed by atoms with Gasteiger partial charge in [0.05, 0.1) is 13.2 Å². The first-order valence-corrected chi connectivity index (χ1v) is 4.94. The molecule has 1 rings (SSSR count). The van der Waals surface area contributed by atoms with Crippen molar-refractivity contribution in [2.24, 2.45) is 0 Å². The molecule has 78 valence electrons. The van der Waals surface area contributed by atoms with Gasteiger partial charge in [-0.15, -0.1) is 0 Å². The third-order valence-corrected chi connectivity index (χ3v) is 2.06. The molecule has 0 aliphatic heterocycles. The number of aliphatic hydroxyl groups excluding tert-OH is 1. The molecule has 3 heteroatoms. The lowest BCUT2D eigenvalue weighted by atomic mass is 10.1. The van der Waals surface area contributed by atoms with Crippen LogP contribution in [0, 0.1) is 0 Å². The van der Waals surface area contributed by atoms with Gasteiger partial charge >= 0.3 is 0 Å². The topological polar surface area (TPSA) is 42.4 Å². The molecule has 1 aromatic rings. The van der Waals surface area contributed by atoms with Crippen LogP contribution in [-0.4, -0.2) is 23.3 Å². The maximum Gasteiger partial charge on any atom is 0.213 e. The summed E-state index contributed by atoms with van der Waals surface area (Å²) in [7, 11) is 1.59. The Bertz CT molecular complexity index is 276. The minimum atomic E-state index is -0.292. The first-order valence-electron chi connectivity index (χ1n) is 4.94. The maximum atomic E-state index is 9.59. The molecular formula is C11H17NO2. The van der Waals surface area contributed by atoms with E-state index in [2.05, 4.69) is 11.9 Å². The zero-order valence-electron chi connectivity index (χ0n) is 8.73. The zero-order valence-corrected chi connectivity index (χ0v) is 8.73. The van der Waals surface area contributed by atoms with Gasteiger partial charge < -0.3 is 9.84 Å². The smallest absolute Gasteiger partial charge is 0.213 e. The minimum absolute atomic E-state index is 0.292. The lowest BCUT2D eigenvalue weighted by molar-refractivity contribution is 0.162. The van der Waals surface area contributed by atoms with E-state index in [9.17, 15) is 5.11 Å². The third kappa shape index (κ3) is 3.34. The van der Waals surface area contributed by atoms with Crippen LogP contribution in [0.4, 0.5) is 0 Å². The van der Waals surface area contributed by atoms with Crippen LogP contribution in [0.2, 0.25) is 0 Å². The van der Waals surface area contributed by atoms with Gasteiger partial charge in [-0.05, 0) is 12.5 Å². The van der Waals surface area contributed by atoms with Crippen LogP contribution in [-0.2, 0) is 6.42 Å². The number of ether oxygens (including phenoxy) is 1. The van der Waals surface area contributed by atoms with Crippen molar-refractivity contribution in [3.8, 4) is 5.88 Å². The first-order chi connectivity index (χ1) is 6.76. The second kappa shape index (κ2) is 5.60. The summed E-state index contributed by atoms with van der Waals surface area (Å²) < 4.78 is 5.00. The predicted octanol–water partition coefficient (Wildman–Crippen LogP) is 1.79. The molecule has 0 aliphatic carbocycles. The van der Waals surface area contributed by atoms with Gasteiger partial charge in [0, 0.05) is 18.2 Å². The lowest BCUT2D eigenvalue weighted by Crippen LogP contribution is -2.10. The zero-order chi connectivity index (χ0) is 10.4. The molecule has 0 fully saturated rings. The van der Waals surface area contributed by atoms with Gasteiger partial charge in [0.2, 0.25) is 5.88 Å². The Balaban J connectivity index is 2.57. The molecule has 0 amide bonds. The number of methoxy groups -OCH3 is 1. The van der Waals surface area contributed by atoms with Crippen LogP contribution in [0.15, 0.2) is 18.2 Å². The van der Waals surface area contributed by atoms with Crippen LogP contribution in [0.3, 0.4) is 0 Å². The molecular weight excluding hydrogens is 178 g/mol. The summed E-state index contributed by atoms with van der Waals surface area (Å²) in [5.74, 6) is 0.603. The minimum Gasteiger partial charge on any atom is -0.481 e. The van der Waals surface area contributed by atoms with Crippen molar-refractivity contribution in [1.29, 1.82) is 0 Å². The van der Waals surface area contributed by atoms with E-state index in [1.807, 2.05) is 12.1 Å². The quantitative estimate of drug-likeness (QED) is 0.779. The Morgan fingerprint density at radius 3 is 2.93 bits per heavy atom. The summed E-state index contributed by atoms with van der Waals surface area (Å²) in [6.45, 7) is 2.06. The summed E-state index contributed by atoms with van der Waals surface area (Å²) in [4.78, 5) is 4.23. The fourth-order valence-electron chi connectivity index (χ4n) is 1.36. The Kier molecular flexibility index (Phi) is 4.40. The normalized spacial score (nSPS) is 12.5. The third-order valence-electron chi connectivity index (χ3n) is 2.06. The van der Waals surface area contributed by atoms with Crippen molar-refractivity contribution >= 4 is 0 Å². The Morgan fingerprint density at radius 2 is 2.29 bits per heavy atom. The summed E-state index contributed by atoms with van der Waals surface area (Å²) in [6.07, 6.45) is 2.12. The molecule has 3 nitrogen and oxygen atoms in total. The maximum absolute atomic E-state index is 9.59. The van der Waals surface area contributed by atoms with E-state index in [-0.39, 0.29) is 6.10 Å². The van der Waals surface area contributed by atoms with E-state index in [0.717, 1.165) is 18.5 Å². The molecule has 0 saturated heterocycles. The molecule has 0 aromatic carbocycles. The van der Waals surface area contributed by atoms with Crippen molar-refractivity contribution in [3.63, 3.8) is 0 Å². The molecule has 1 unspecified atom stereocenters. The Labute approximate surface area is 84.7 Å². The summed E-state index contributed by atoms with van der Waals surface area (Å²) in [5.41, 5.74) is 0.880.